The van der Waals surface area contributed by atoms with Crippen LogP contribution in [-0.4, -0.2) is 26.5 Å². The Morgan fingerprint density at radius 2 is 1.88 bits per heavy atom. The SMILES string of the molecule is CC(C)(C)N1CCc2c(c3ccccc3n2/C=C\c2cccnc2)C1.Cl. The average Bonchev–Trinajstić information content (AvgIpc) is 2.93. The minimum absolute atomic E-state index is 0. The van der Waals surface area contributed by atoms with E-state index in [1.54, 1.807) is 0 Å². The van der Waals surface area contributed by atoms with Crippen molar-refractivity contribution in [3.05, 3.63) is 65.6 Å². The highest BCUT2D eigenvalue weighted by Gasteiger charge is 2.29. The monoisotopic (exact) mass is 367 g/mol. The lowest BCUT2D eigenvalue weighted by atomic mass is 9.98. The predicted molar refractivity (Wildman–Crippen MR) is 113 cm³/mol. The van der Waals surface area contributed by atoms with Crippen LogP contribution in [0.5, 0.6) is 0 Å². The van der Waals surface area contributed by atoms with E-state index in [0.717, 1.165) is 25.1 Å². The normalized spacial score (nSPS) is 15.2. The topological polar surface area (TPSA) is 21.1 Å². The molecule has 0 fully saturated rings. The van der Waals surface area contributed by atoms with Crippen molar-refractivity contribution in [1.29, 1.82) is 0 Å². The summed E-state index contributed by atoms with van der Waals surface area (Å²) in [5, 5.41) is 1.38. The Balaban J connectivity index is 0.00000196. The summed E-state index contributed by atoms with van der Waals surface area (Å²) in [6.45, 7) is 9.04. The van der Waals surface area contributed by atoms with Crippen LogP contribution >= 0.6 is 12.4 Å². The summed E-state index contributed by atoms with van der Waals surface area (Å²) in [6.07, 6.45) is 9.14. The first-order valence-corrected chi connectivity index (χ1v) is 8.98. The molecule has 4 rings (SSSR count). The van der Waals surface area contributed by atoms with Gasteiger partial charge in [0.25, 0.3) is 0 Å². The molecule has 0 atom stereocenters. The van der Waals surface area contributed by atoms with Crippen LogP contribution in [-0.2, 0) is 13.0 Å². The summed E-state index contributed by atoms with van der Waals surface area (Å²) in [5.41, 5.74) is 5.55. The summed E-state index contributed by atoms with van der Waals surface area (Å²) in [7, 11) is 0. The maximum absolute atomic E-state index is 4.20. The fourth-order valence-corrected chi connectivity index (χ4v) is 3.72. The van der Waals surface area contributed by atoms with Gasteiger partial charge in [-0.25, -0.2) is 0 Å². The molecule has 1 aliphatic rings. The molecule has 1 aromatic carbocycles. The molecular formula is C22H26ClN3. The molecular weight excluding hydrogens is 342 g/mol. The number of fused-ring (bicyclic) bond motifs is 3. The second-order valence-corrected chi connectivity index (χ2v) is 7.76. The van der Waals surface area contributed by atoms with Gasteiger partial charge in [0, 0.05) is 54.7 Å². The number of hydrogen-bond acceptors (Lipinski definition) is 2. The number of benzene rings is 1. The van der Waals surface area contributed by atoms with Crippen molar-refractivity contribution >= 4 is 35.6 Å². The summed E-state index contributed by atoms with van der Waals surface area (Å²) in [5.74, 6) is 0. The highest BCUT2D eigenvalue weighted by molar-refractivity contribution is 5.88. The second-order valence-electron chi connectivity index (χ2n) is 7.76. The van der Waals surface area contributed by atoms with Gasteiger partial charge in [0.05, 0.1) is 5.52 Å². The zero-order chi connectivity index (χ0) is 17.4. The number of para-hydroxylation sites is 1. The summed E-state index contributed by atoms with van der Waals surface area (Å²) >= 11 is 0. The molecule has 0 radical (unpaired) electrons. The number of halogens is 1. The Bertz CT molecular complexity index is 920. The molecule has 0 saturated carbocycles. The molecule has 0 aliphatic carbocycles. The number of aromatic nitrogens is 2. The molecule has 3 heterocycles. The van der Waals surface area contributed by atoms with Gasteiger partial charge >= 0.3 is 0 Å². The van der Waals surface area contributed by atoms with Crippen LogP contribution in [0.15, 0.2) is 48.8 Å². The molecule has 136 valence electrons. The molecule has 3 aromatic rings. The van der Waals surface area contributed by atoms with Crippen molar-refractivity contribution in [3.8, 4) is 0 Å². The van der Waals surface area contributed by atoms with E-state index in [2.05, 4.69) is 77.8 Å². The van der Waals surface area contributed by atoms with Gasteiger partial charge in [-0.2, -0.15) is 0 Å². The van der Waals surface area contributed by atoms with E-state index in [1.165, 1.54) is 22.2 Å². The maximum Gasteiger partial charge on any atom is 0.0528 e. The van der Waals surface area contributed by atoms with Gasteiger partial charge in [-0.3, -0.25) is 9.88 Å². The first-order valence-electron chi connectivity index (χ1n) is 8.98. The maximum atomic E-state index is 4.20. The van der Waals surface area contributed by atoms with E-state index >= 15 is 0 Å². The number of nitrogens with zero attached hydrogens (tertiary/aromatic N) is 3. The lowest BCUT2D eigenvalue weighted by Crippen LogP contribution is -2.44. The Hall–Kier alpha value is -2.10. The van der Waals surface area contributed by atoms with Gasteiger partial charge in [0.1, 0.15) is 0 Å². The van der Waals surface area contributed by atoms with Crippen molar-refractivity contribution in [2.24, 2.45) is 0 Å². The lowest BCUT2D eigenvalue weighted by molar-refractivity contribution is 0.120. The van der Waals surface area contributed by atoms with E-state index in [0.29, 0.717) is 0 Å². The third kappa shape index (κ3) is 3.42. The molecule has 26 heavy (non-hydrogen) atoms. The standard InChI is InChI=1S/C22H25N3.ClH/c1-22(2,3)24-13-11-21-19(16-24)18-8-4-5-9-20(18)25(21)14-10-17-7-6-12-23-15-17;/h4-10,12,14-15H,11,13,16H2,1-3H3;1H/b14-10-;. The summed E-state index contributed by atoms with van der Waals surface area (Å²) in [4.78, 5) is 6.78. The molecule has 1 aliphatic heterocycles. The van der Waals surface area contributed by atoms with Gasteiger partial charge in [-0.15, -0.1) is 12.4 Å². The largest absolute Gasteiger partial charge is 0.320 e. The van der Waals surface area contributed by atoms with Crippen LogP contribution in [0, 0.1) is 0 Å². The van der Waals surface area contributed by atoms with Gasteiger partial charge in [0.15, 0.2) is 0 Å². The third-order valence-corrected chi connectivity index (χ3v) is 5.14. The first-order chi connectivity index (χ1) is 12.0. The Labute approximate surface area is 161 Å². The molecule has 0 spiro atoms. The minimum Gasteiger partial charge on any atom is -0.320 e. The second kappa shape index (κ2) is 7.26. The van der Waals surface area contributed by atoms with Gasteiger partial charge in [-0.05, 0) is 50.1 Å². The smallest absolute Gasteiger partial charge is 0.0528 e. The van der Waals surface area contributed by atoms with Gasteiger partial charge in [0.2, 0.25) is 0 Å². The van der Waals surface area contributed by atoms with Crippen LogP contribution in [0.4, 0.5) is 0 Å². The fraction of sp³-hybridized carbons (Fsp3) is 0.318. The minimum atomic E-state index is 0. The van der Waals surface area contributed by atoms with E-state index < -0.39 is 0 Å². The molecule has 4 heteroatoms. The quantitative estimate of drug-likeness (QED) is 0.617. The molecule has 0 saturated heterocycles. The van der Waals surface area contributed by atoms with Crippen LogP contribution in [0.1, 0.15) is 37.6 Å². The highest BCUT2D eigenvalue weighted by Crippen LogP contribution is 2.33. The van der Waals surface area contributed by atoms with Crippen LogP contribution in [0.3, 0.4) is 0 Å². The van der Waals surface area contributed by atoms with Crippen molar-refractivity contribution < 1.29 is 0 Å². The van der Waals surface area contributed by atoms with E-state index in [1.807, 2.05) is 18.5 Å². The number of rotatable bonds is 2. The Morgan fingerprint density at radius 1 is 1.08 bits per heavy atom. The third-order valence-electron chi connectivity index (χ3n) is 5.14. The van der Waals surface area contributed by atoms with E-state index in [4.69, 9.17) is 0 Å². The Morgan fingerprint density at radius 3 is 2.62 bits per heavy atom. The highest BCUT2D eigenvalue weighted by atomic mass is 35.5. The van der Waals surface area contributed by atoms with Crippen molar-refractivity contribution in [3.63, 3.8) is 0 Å². The first kappa shape index (κ1) is 18.7. The summed E-state index contributed by atoms with van der Waals surface area (Å²) in [6, 6.07) is 12.8. The summed E-state index contributed by atoms with van der Waals surface area (Å²) < 4.78 is 2.37. The molecule has 3 nitrogen and oxygen atoms in total. The van der Waals surface area contributed by atoms with Gasteiger partial charge < -0.3 is 4.57 Å². The zero-order valence-electron chi connectivity index (χ0n) is 15.6. The average molecular weight is 368 g/mol. The number of pyridine rings is 1. The number of hydrogen-bond donors (Lipinski definition) is 0. The van der Waals surface area contributed by atoms with Crippen LogP contribution in [0.2, 0.25) is 0 Å². The van der Waals surface area contributed by atoms with Crippen molar-refractivity contribution in [2.45, 2.75) is 39.3 Å². The van der Waals surface area contributed by atoms with Crippen LogP contribution < -0.4 is 0 Å². The van der Waals surface area contributed by atoms with Crippen molar-refractivity contribution in [2.75, 3.05) is 6.54 Å². The van der Waals surface area contributed by atoms with E-state index in [-0.39, 0.29) is 17.9 Å². The van der Waals surface area contributed by atoms with Crippen LogP contribution in [0.25, 0.3) is 23.2 Å². The molecule has 0 N–H and O–H groups in total. The fourth-order valence-electron chi connectivity index (χ4n) is 3.72. The molecule has 0 unspecified atom stereocenters. The van der Waals surface area contributed by atoms with E-state index in [9.17, 15) is 0 Å². The molecule has 0 bridgehead atoms. The predicted octanol–water partition coefficient (Wildman–Crippen LogP) is 5.24. The zero-order valence-corrected chi connectivity index (χ0v) is 16.5. The van der Waals surface area contributed by atoms with Crippen molar-refractivity contribution in [1.82, 2.24) is 14.5 Å². The molecule has 2 aromatic heterocycles. The lowest BCUT2D eigenvalue weighted by Gasteiger charge is -2.38. The van der Waals surface area contributed by atoms with Gasteiger partial charge in [-0.1, -0.05) is 24.3 Å². The molecule has 0 amide bonds. The Kier molecular flexibility index (Phi) is 5.22.